The summed E-state index contributed by atoms with van der Waals surface area (Å²) in [6.45, 7) is 0.391. The molecule has 42 heavy (non-hydrogen) atoms. The molecule has 4 N–H and O–H groups in total. The molecule has 3 aromatic heterocycles. The fraction of sp³-hybridized carbons (Fsp3) is 0.0606. The molecule has 0 bridgehead atoms. The van der Waals surface area contributed by atoms with E-state index in [1.165, 1.54) is 18.2 Å². The number of carbonyl (C=O) groups excluding carboxylic acids is 2. The van der Waals surface area contributed by atoms with E-state index >= 15 is 0 Å². The number of hydrogen-bond acceptors (Lipinski definition) is 7. The molecule has 0 spiro atoms. The van der Waals surface area contributed by atoms with Gasteiger partial charge in [0.2, 0.25) is 0 Å². The standard InChI is InChI=1S/C33H26N6O3/c34-30-26(7-4-17-35-30)31-38-28-15-14-27(22-5-2-1-3-6-22)37-32(28)39(31)25-12-8-21(9-13-25)16-18-36-33(42)23-10-11-24(20-40)29(41)19-23/h1-15,17,19-20,41H,16,18H2,(H2,34,35)(H,36,42). The number of aldehydes is 1. The fourth-order valence-corrected chi connectivity index (χ4v) is 4.78. The molecule has 6 rings (SSSR count). The summed E-state index contributed by atoms with van der Waals surface area (Å²) >= 11 is 0. The van der Waals surface area contributed by atoms with E-state index in [0.29, 0.717) is 42.1 Å². The van der Waals surface area contributed by atoms with Crippen molar-refractivity contribution in [1.29, 1.82) is 0 Å². The van der Waals surface area contributed by atoms with Gasteiger partial charge in [-0.25, -0.2) is 15.0 Å². The van der Waals surface area contributed by atoms with Gasteiger partial charge in [-0.15, -0.1) is 0 Å². The van der Waals surface area contributed by atoms with Gasteiger partial charge in [0.1, 0.15) is 17.1 Å². The summed E-state index contributed by atoms with van der Waals surface area (Å²) in [5.41, 5.74) is 12.5. The number of aromatic hydroxyl groups is 1. The van der Waals surface area contributed by atoms with Gasteiger partial charge in [-0.2, -0.15) is 0 Å². The summed E-state index contributed by atoms with van der Waals surface area (Å²) in [7, 11) is 0. The van der Waals surface area contributed by atoms with Crippen LogP contribution in [0.15, 0.2) is 103 Å². The summed E-state index contributed by atoms with van der Waals surface area (Å²) in [6.07, 6.45) is 2.78. The van der Waals surface area contributed by atoms with E-state index in [1.54, 1.807) is 6.20 Å². The lowest BCUT2D eigenvalue weighted by Gasteiger charge is -2.12. The van der Waals surface area contributed by atoms with E-state index in [4.69, 9.17) is 15.7 Å². The van der Waals surface area contributed by atoms with E-state index in [2.05, 4.69) is 10.3 Å². The van der Waals surface area contributed by atoms with Crippen molar-refractivity contribution in [2.75, 3.05) is 12.3 Å². The topological polar surface area (TPSA) is 136 Å². The van der Waals surface area contributed by atoms with Crippen LogP contribution in [-0.4, -0.2) is 43.4 Å². The summed E-state index contributed by atoms with van der Waals surface area (Å²) in [5.74, 6) is 0.456. The third-order valence-electron chi connectivity index (χ3n) is 6.97. The second-order valence-corrected chi connectivity index (χ2v) is 9.68. The number of nitrogen functional groups attached to an aromatic ring is 1. The van der Waals surface area contributed by atoms with Gasteiger partial charge in [0, 0.05) is 29.6 Å². The van der Waals surface area contributed by atoms with E-state index in [1.807, 2.05) is 83.4 Å². The Bertz CT molecular complexity index is 1920. The van der Waals surface area contributed by atoms with Crippen molar-refractivity contribution in [1.82, 2.24) is 24.8 Å². The molecule has 0 fully saturated rings. The molecular formula is C33H26N6O3. The van der Waals surface area contributed by atoms with Crippen LogP contribution in [0.3, 0.4) is 0 Å². The molecule has 1 amide bonds. The number of hydrogen-bond donors (Lipinski definition) is 3. The van der Waals surface area contributed by atoms with Crippen molar-refractivity contribution in [3.63, 3.8) is 0 Å². The normalized spacial score (nSPS) is 11.0. The summed E-state index contributed by atoms with van der Waals surface area (Å²) in [6, 6.07) is 29.8. The van der Waals surface area contributed by atoms with E-state index in [0.717, 1.165) is 28.0 Å². The molecule has 0 atom stereocenters. The lowest BCUT2D eigenvalue weighted by molar-refractivity contribution is 0.0953. The maximum absolute atomic E-state index is 12.5. The first-order chi connectivity index (χ1) is 20.5. The number of nitrogens with one attached hydrogen (secondary N) is 1. The van der Waals surface area contributed by atoms with Crippen LogP contribution in [0.2, 0.25) is 0 Å². The molecule has 0 radical (unpaired) electrons. The van der Waals surface area contributed by atoms with Crippen LogP contribution in [0.1, 0.15) is 26.3 Å². The quantitative estimate of drug-likeness (QED) is 0.219. The van der Waals surface area contributed by atoms with Crippen LogP contribution in [0.5, 0.6) is 5.75 Å². The number of phenolic OH excluding ortho intramolecular Hbond substituents is 1. The van der Waals surface area contributed by atoms with Crippen molar-refractivity contribution in [3.05, 3.63) is 120 Å². The number of carbonyl (C=O) groups is 2. The lowest BCUT2D eigenvalue weighted by Crippen LogP contribution is -2.25. The third kappa shape index (κ3) is 5.18. The molecule has 9 heteroatoms. The average Bonchev–Trinajstić information content (AvgIpc) is 3.40. The molecule has 9 nitrogen and oxygen atoms in total. The Balaban J connectivity index is 1.28. The van der Waals surface area contributed by atoms with Gasteiger partial charge in [-0.3, -0.25) is 14.2 Å². The maximum atomic E-state index is 12.5. The summed E-state index contributed by atoms with van der Waals surface area (Å²) in [4.78, 5) is 37.6. The highest BCUT2D eigenvalue weighted by Crippen LogP contribution is 2.31. The number of pyridine rings is 2. The molecule has 0 unspecified atom stereocenters. The molecule has 0 aliphatic heterocycles. The summed E-state index contributed by atoms with van der Waals surface area (Å²) < 4.78 is 1.98. The van der Waals surface area contributed by atoms with Crippen LogP contribution in [0.4, 0.5) is 5.82 Å². The zero-order valence-electron chi connectivity index (χ0n) is 22.4. The molecule has 0 aliphatic carbocycles. The Morgan fingerprint density at radius 2 is 1.74 bits per heavy atom. The number of amides is 1. The first-order valence-electron chi connectivity index (χ1n) is 13.3. The van der Waals surface area contributed by atoms with Crippen LogP contribution < -0.4 is 11.1 Å². The zero-order chi connectivity index (χ0) is 29.1. The molecule has 0 aliphatic rings. The molecule has 0 saturated heterocycles. The monoisotopic (exact) mass is 554 g/mol. The van der Waals surface area contributed by atoms with Crippen molar-refractivity contribution in [2.24, 2.45) is 0 Å². The van der Waals surface area contributed by atoms with Crippen molar-refractivity contribution in [3.8, 4) is 34.1 Å². The van der Waals surface area contributed by atoms with E-state index < -0.39 is 0 Å². The number of nitrogens with two attached hydrogens (primary N) is 1. The number of nitrogens with zero attached hydrogens (tertiary/aromatic N) is 4. The zero-order valence-corrected chi connectivity index (χ0v) is 22.4. The summed E-state index contributed by atoms with van der Waals surface area (Å²) in [5, 5.41) is 12.7. The molecule has 6 aromatic rings. The second kappa shape index (κ2) is 11.3. The van der Waals surface area contributed by atoms with Gasteiger partial charge < -0.3 is 16.2 Å². The minimum absolute atomic E-state index is 0.137. The number of fused-ring (bicyclic) bond motifs is 1. The smallest absolute Gasteiger partial charge is 0.251 e. The second-order valence-electron chi connectivity index (χ2n) is 9.68. The average molecular weight is 555 g/mol. The van der Waals surface area contributed by atoms with Gasteiger partial charge >= 0.3 is 0 Å². The number of imidazole rings is 1. The van der Waals surface area contributed by atoms with Crippen LogP contribution in [-0.2, 0) is 6.42 Å². The number of rotatable bonds is 8. The van der Waals surface area contributed by atoms with Gasteiger partial charge in [0.15, 0.2) is 17.8 Å². The van der Waals surface area contributed by atoms with Gasteiger partial charge in [0.05, 0.1) is 16.8 Å². The molecule has 206 valence electrons. The Hall–Kier alpha value is -5.83. The van der Waals surface area contributed by atoms with Crippen molar-refractivity contribution < 1.29 is 14.7 Å². The fourth-order valence-electron chi connectivity index (χ4n) is 4.78. The van der Waals surface area contributed by atoms with Crippen molar-refractivity contribution in [2.45, 2.75) is 6.42 Å². The van der Waals surface area contributed by atoms with Gasteiger partial charge in [0.25, 0.3) is 5.91 Å². The minimum atomic E-state index is -0.330. The molecule has 0 saturated carbocycles. The number of anilines is 1. The SMILES string of the molecule is Nc1ncccc1-c1nc2ccc(-c3ccccc3)nc2n1-c1ccc(CCNC(=O)c2ccc(C=O)c(O)c2)cc1. The molecule has 3 heterocycles. The van der Waals surface area contributed by atoms with Crippen LogP contribution >= 0.6 is 0 Å². The Kier molecular flexibility index (Phi) is 7.13. The van der Waals surface area contributed by atoms with Crippen LogP contribution in [0.25, 0.3) is 39.5 Å². The van der Waals surface area contributed by atoms with Gasteiger partial charge in [-0.05, 0) is 66.6 Å². The van der Waals surface area contributed by atoms with Gasteiger partial charge in [-0.1, -0.05) is 42.5 Å². The highest BCUT2D eigenvalue weighted by Gasteiger charge is 2.19. The lowest BCUT2D eigenvalue weighted by atomic mass is 10.1. The highest BCUT2D eigenvalue weighted by molar-refractivity contribution is 5.95. The molecule has 3 aromatic carbocycles. The Morgan fingerprint density at radius 1 is 0.929 bits per heavy atom. The first kappa shape index (κ1) is 26.4. The van der Waals surface area contributed by atoms with E-state index in [-0.39, 0.29) is 22.8 Å². The largest absolute Gasteiger partial charge is 0.507 e. The third-order valence-corrected chi connectivity index (χ3v) is 6.97. The minimum Gasteiger partial charge on any atom is -0.507 e. The predicted molar refractivity (Wildman–Crippen MR) is 161 cm³/mol. The first-order valence-corrected chi connectivity index (χ1v) is 13.3. The molecular weight excluding hydrogens is 528 g/mol. The maximum Gasteiger partial charge on any atom is 0.251 e. The van der Waals surface area contributed by atoms with Crippen LogP contribution in [0, 0.1) is 0 Å². The van der Waals surface area contributed by atoms with E-state index in [9.17, 15) is 14.7 Å². The predicted octanol–water partition coefficient (Wildman–Crippen LogP) is 5.22. The number of benzene rings is 3. The Morgan fingerprint density at radius 3 is 2.48 bits per heavy atom. The number of aromatic nitrogens is 4. The van der Waals surface area contributed by atoms with Crippen molar-refractivity contribution >= 4 is 29.2 Å². The number of phenols is 1. The highest BCUT2D eigenvalue weighted by atomic mass is 16.3. The Labute approximate surface area is 241 Å².